The lowest BCUT2D eigenvalue weighted by Gasteiger charge is -2.19. The van der Waals surface area contributed by atoms with Crippen LogP contribution in [0.1, 0.15) is 17.9 Å². The molecule has 0 spiro atoms. The summed E-state index contributed by atoms with van der Waals surface area (Å²) in [5.74, 6) is 1.38. The van der Waals surface area contributed by atoms with E-state index in [9.17, 15) is 0 Å². The zero-order valence-electron chi connectivity index (χ0n) is 10.8. The zero-order chi connectivity index (χ0) is 12.8. The van der Waals surface area contributed by atoms with E-state index in [0.29, 0.717) is 18.9 Å². The molecule has 0 fully saturated rings. The number of hydrogen-bond acceptors (Lipinski definition) is 4. The summed E-state index contributed by atoms with van der Waals surface area (Å²) in [6, 6.07) is 8.37. The van der Waals surface area contributed by atoms with Crippen molar-refractivity contribution in [2.45, 2.75) is 18.4 Å². The number of benzene rings is 1. The Labute approximate surface area is 108 Å². The van der Waals surface area contributed by atoms with Crippen molar-refractivity contribution in [2.24, 2.45) is 0 Å². The fraction of sp³-hybridized carbons (Fsp3) is 0.571. The molecule has 4 heteroatoms. The molecule has 0 saturated carbocycles. The topological polar surface area (TPSA) is 50.7 Å². The Hall–Kier alpha value is -1.10. The Morgan fingerprint density at radius 2 is 2.33 bits per heavy atom. The summed E-state index contributed by atoms with van der Waals surface area (Å²) >= 11 is 0. The summed E-state index contributed by atoms with van der Waals surface area (Å²) in [7, 11) is 1.68. The van der Waals surface area contributed by atoms with E-state index in [-0.39, 0.29) is 12.6 Å². The van der Waals surface area contributed by atoms with E-state index in [4.69, 9.17) is 14.6 Å². The molecule has 1 aliphatic rings. The minimum atomic E-state index is 0.179. The van der Waals surface area contributed by atoms with Gasteiger partial charge in [0.1, 0.15) is 5.75 Å². The van der Waals surface area contributed by atoms with Crippen LogP contribution in [-0.2, 0) is 4.74 Å². The summed E-state index contributed by atoms with van der Waals surface area (Å²) in [6.45, 7) is 2.38. The molecular formula is C14H21NO3. The smallest absolute Gasteiger partial charge is 0.122 e. The van der Waals surface area contributed by atoms with E-state index in [1.54, 1.807) is 7.11 Å². The molecule has 0 amide bonds. The van der Waals surface area contributed by atoms with Gasteiger partial charge in [0.2, 0.25) is 0 Å². The molecule has 2 rings (SSSR count). The highest BCUT2D eigenvalue weighted by Gasteiger charge is 2.24. The lowest BCUT2D eigenvalue weighted by molar-refractivity contribution is 0.147. The van der Waals surface area contributed by atoms with E-state index < -0.39 is 0 Å². The molecule has 4 nitrogen and oxygen atoms in total. The molecule has 2 atom stereocenters. The Balaban J connectivity index is 1.87. The van der Waals surface area contributed by atoms with E-state index in [0.717, 1.165) is 18.9 Å². The standard InChI is InChI=1S/C14H21NO3/c1-17-10-12(6-7-16)15-8-11-9-18-14-5-3-2-4-13(11)14/h2-5,11-12,15-16H,6-10H2,1H3. The van der Waals surface area contributed by atoms with Crippen molar-refractivity contribution in [3.05, 3.63) is 29.8 Å². The largest absolute Gasteiger partial charge is 0.493 e. The van der Waals surface area contributed by atoms with Gasteiger partial charge in [-0.3, -0.25) is 0 Å². The second-order valence-corrected chi connectivity index (χ2v) is 4.62. The highest BCUT2D eigenvalue weighted by molar-refractivity contribution is 5.39. The molecule has 100 valence electrons. The quantitative estimate of drug-likeness (QED) is 0.763. The number of fused-ring (bicyclic) bond motifs is 1. The van der Waals surface area contributed by atoms with Crippen LogP contribution in [0.2, 0.25) is 0 Å². The monoisotopic (exact) mass is 251 g/mol. The van der Waals surface area contributed by atoms with Crippen molar-refractivity contribution in [3.63, 3.8) is 0 Å². The van der Waals surface area contributed by atoms with Crippen LogP contribution in [0.25, 0.3) is 0 Å². The molecule has 1 aromatic rings. The first-order valence-electron chi connectivity index (χ1n) is 6.40. The number of nitrogens with one attached hydrogen (secondary N) is 1. The van der Waals surface area contributed by atoms with Crippen molar-refractivity contribution in [3.8, 4) is 5.75 Å². The third kappa shape index (κ3) is 3.22. The first-order valence-corrected chi connectivity index (χ1v) is 6.40. The molecule has 0 saturated heterocycles. The van der Waals surface area contributed by atoms with Gasteiger partial charge in [-0.2, -0.15) is 0 Å². The summed E-state index contributed by atoms with van der Waals surface area (Å²) in [5, 5.41) is 12.4. The first-order chi connectivity index (χ1) is 8.85. The van der Waals surface area contributed by atoms with Gasteiger partial charge >= 0.3 is 0 Å². The second-order valence-electron chi connectivity index (χ2n) is 4.62. The number of hydrogen-bond donors (Lipinski definition) is 2. The number of aliphatic hydroxyl groups excluding tert-OH is 1. The number of rotatable bonds is 7. The van der Waals surface area contributed by atoms with Crippen LogP contribution in [0.15, 0.2) is 24.3 Å². The third-order valence-electron chi connectivity index (χ3n) is 3.30. The molecule has 0 aromatic heterocycles. The fourth-order valence-corrected chi connectivity index (χ4v) is 2.31. The highest BCUT2D eigenvalue weighted by Crippen LogP contribution is 2.32. The number of aliphatic hydroxyl groups is 1. The van der Waals surface area contributed by atoms with Crippen LogP contribution in [0.5, 0.6) is 5.75 Å². The molecule has 1 aliphatic heterocycles. The molecule has 1 aromatic carbocycles. The maximum absolute atomic E-state index is 8.99. The Morgan fingerprint density at radius 3 is 3.11 bits per heavy atom. The van der Waals surface area contributed by atoms with Gasteiger partial charge in [0.25, 0.3) is 0 Å². The zero-order valence-corrected chi connectivity index (χ0v) is 10.8. The lowest BCUT2D eigenvalue weighted by Crippen LogP contribution is -2.37. The molecule has 2 unspecified atom stereocenters. The van der Waals surface area contributed by atoms with E-state index in [1.165, 1.54) is 5.56 Å². The van der Waals surface area contributed by atoms with Crippen molar-refractivity contribution in [2.75, 3.05) is 33.5 Å². The number of ether oxygens (including phenoxy) is 2. The molecule has 2 N–H and O–H groups in total. The van der Waals surface area contributed by atoms with E-state index in [2.05, 4.69) is 11.4 Å². The maximum Gasteiger partial charge on any atom is 0.122 e. The highest BCUT2D eigenvalue weighted by atomic mass is 16.5. The average molecular weight is 251 g/mol. The lowest BCUT2D eigenvalue weighted by atomic mass is 10.0. The van der Waals surface area contributed by atoms with Gasteiger partial charge in [-0.25, -0.2) is 0 Å². The minimum absolute atomic E-state index is 0.179. The van der Waals surface area contributed by atoms with E-state index >= 15 is 0 Å². The van der Waals surface area contributed by atoms with Gasteiger partial charge in [-0.05, 0) is 12.5 Å². The van der Waals surface area contributed by atoms with Gasteiger partial charge in [0.15, 0.2) is 0 Å². The molecule has 18 heavy (non-hydrogen) atoms. The second kappa shape index (κ2) is 6.73. The van der Waals surface area contributed by atoms with Gasteiger partial charge in [0, 0.05) is 37.8 Å². The van der Waals surface area contributed by atoms with E-state index in [1.807, 2.05) is 18.2 Å². The summed E-state index contributed by atoms with van der Waals surface area (Å²) < 4.78 is 10.8. The normalized spacial score (nSPS) is 19.3. The van der Waals surface area contributed by atoms with Gasteiger partial charge in [0.05, 0.1) is 13.2 Å². The maximum atomic E-state index is 8.99. The molecule has 0 aliphatic carbocycles. The van der Waals surface area contributed by atoms with Gasteiger partial charge < -0.3 is 19.9 Å². The Bertz CT molecular complexity index is 364. The SMILES string of the molecule is COCC(CCO)NCC1COc2ccccc21. The van der Waals surface area contributed by atoms with Crippen LogP contribution in [0.4, 0.5) is 0 Å². The van der Waals surface area contributed by atoms with Crippen LogP contribution in [-0.4, -0.2) is 44.6 Å². The number of para-hydroxylation sites is 1. The summed E-state index contributed by atoms with van der Waals surface area (Å²) in [5.41, 5.74) is 1.27. The first kappa shape index (κ1) is 13.3. The molecule has 1 heterocycles. The van der Waals surface area contributed by atoms with Crippen LogP contribution < -0.4 is 10.1 Å². The summed E-state index contributed by atoms with van der Waals surface area (Å²) in [4.78, 5) is 0. The predicted molar refractivity (Wildman–Crippen MR) is 70.0 cm³/mol. The average Bonchev–Trinajstić information content (AvgIpc) is 2.80. The number of methoxy groups -OCH3 is 1. The van der Waals surface area contributed by atoms with Crippen LogP contribution in [0, 0.1) is 0 Å². The van der Waals surface area contributed by atoms with Crippen molar-refractivity contribution >= 4 is 0 Å². The Morgan fingerprint density at radius 1 is 1.50 bits per heavy atom. The van der Waals surface area contributed by atoms with Gasteiger partial charge in [-0.15, -0.1) is 0 Å². The molecular weight excluding hydrogens is 230 g/mol. The Kier molecular flexibility index (Phi) is 4.99. The minimum Gasteiger partial charge on any atom is -0.493 e. The van der Waals surface area contributed by atoms with Crippen LogP contribution in [0.3, 0.4) is 0 Å². The molecule has 0 radical (unpaired) electrons. The van der Waals surface area contributed by atoms with Crippen molar-refractivity contribution in [1.29, 1.82) is 0 Å². The molecule has 0 bridgehead atoms. The predicted octanol–water partition coefficient (Wildman–Crippen LogP) is 1.15. The summed E-state index contributed by atoms with van der Waals surface area (Å²) in [6.07, 6.45) is 0.711. The van der Waals surface area contributed by atoms with Crippen molar-refractivity contribution < 1.29 is 14.6 Å². The fourth-order valence-electron chi connectivity index (χ4n) is 2.31. The van der Waals surface area contributed by atoms with Crippen molar-refractivity contribution in [1.82, 2.24) is 5.32 Å². The third-order valence-corrected chi connectivity index (χ3v) is 3.30. The van der Waals surface area contributed by atoms with Crippen LogP contribution >= 0.6 is 0 Å². The van der Waals surface area contributed by atoms with Gasteiger partial charge in [-0.1, -0.05) is 18.2 Å².